The zero-order valence-corrected chi connectivity index (χ0v) is 16.3. The second-order valence-electron chi connectivity index (χ2n) is 6.44. The Kier molecular flexibility index (Phi) is 6.94. The molecule has 5 nitrogen and oxygen atoms in total. The Balaban J connectivity index is 2.62. The van der Waals surface area contributed by atoms with Crippen LogP contribution in [0.15, 0.2) is 78.5 Å². The number of ketones is 1. The van der Waals surface area contributed by atoms with Crippen molar-refractivity contribution in [3.05, 3.63) is 99.8 Å². The molecule has 2 rings (SSSR count). The van der Waals surface area contributed by atoms with Crippen LogP contribution in [-0.2, 0) is 4.79 Å². The monoisotopic (exact) mass is 416 g/mol. The van der Waals surface area contributed by atoms with E-state index in [4.69, 9.17) is 0 Å². The number of carbonyl (C=O) groups is 1. The minimum Gasteiger partial charge on any atom is -0.358 e. The molecule has 0 radical (unpaired) electrons. The van der Waals surface area contributed by atoms with Gasteiger partial charge in [-0.25, -0.2) is 0 Å². The van der Waals surface area contributed by atoms with E-state index in [0.717, 1.165) is 0 Å². The van der Waals surface area contributed by atoms with E-state index in [2.05, 4.69) is 11.9 Å². The van der Waals surface area contributed by atoms with Gasteiger partial charge in [-0.15, -0.1) is 0 Å². The topological polar surface area (TPSA) is 72.2 Å². The number of nitrogens with one attached hydrogen (secondary N) is 1. The maximum Gasteiger partial charge on any atom is 0.416 e. The van der Waals surface area contributed by atoms with E-state index in [9.17, 15) is 28.1 Å². The van der Waals surface area contributed by atoms with Crippen LogP contribution in [0.2, 0.25) is 0 Å². The molecule has 30 heavy (non-hydrogen) atoms. The summed E-state index contributed by atoms with van der Waals surface area (Å²) in [6.07, 6.45) is -3.51. The fourth-order valence-corrected chi connectivity index (χ4v) is 2.81. The first kappa shape index (κ1) is 22.6. The molecule has 0 aliphatic carbocycles. The van der Waals surface area contributed by atoms with Crippen molar-refractivity contribution >= 4 is 22.7 Å². The summed E-state index contributed by atoms with van der Waals surface area (Å²) in [6, 6.07) is 13.3. The molecule has 0 spiro atoms. The Morgan fingerprint density at radius 1 is 1.07 bits per heavy atom. The van der Waals surface area contributed by atoms with Crippen LogP contribution in [0.1, 0.15) is 25.0 Å². The fourth-order valence-electron chi connectivity index (χ4n) is 2.81. The Bertz CT molecular complexity index is 1040. The first-order chi connectivity index (χ1) is 14.0. The summed E-state index contributed by atoms with van der Waals surface area (Å²) in [5.74, 6) is -0.382. The van der Waals surface area contributed by atoms with Gasteiger partial charge in [0.25, 0.3) is 5.69 Å². The zero-order valence-electron chi connectivity index (χ0n) is 16.3. The molecule has 0 heterocycles. The Morgan fingerprint density at radius 2 is 1.67 bits per heavy atom. The number of carbonyl (C=O) groups excluding carboxylic acids is 1. The van der Waals surface area contributed by atoms with Crippen molar-refractivity contribution in [1.29, 1.82) is 0 Å². The van der Waals surface area contributed by atoms with Gasteiger partial charge in [0, 0.05) is 40.7 Å². The van der Waals surface area contributed by atoms with Gasteiger partial charge in [-0.05, 0) is 19.4 Å². The number of nitrogens with zero attached hydrogens (tertiary/aromatic N) is 1. The smallest absolute Gasteiger partial charge is 0.358 e. The van der Waals surface area contributed by atoms with Gasteiger partial charge in [0.1, 0.15) is 0 Å². The number of hydrogen-bond donors (Lipinski definition) is 1. The summed E-state index contributed by atoms with van der Waals surface area (Å²) in [6.45, 7) is 5.89. The minimum absolute atomic E-state index is 0.0857. The second kappa shape index (κ2) is 9.21. The number of hydrogen-bond acceptors (Lipinski definition) is 4. The van der Waals surface area contributed by atoms with Gasteiger partial charge in [0.05, 0.1) is 10.5 Å². The van der Waals surface area contributed by atoms with Crippen LogP contribution in [-0.4, -0.2) is 16.9 Å². The molecule has 1 N–H and O–H groups in total. The highest BCUT2D eigenvalue weighted by molar-refractivity contribution is 5.95. The largest absolute Gasteiger partial charge is 0.416 e. The maximum absolute atomic E-state index is 13.5. The molecule has 0 saturated heterocycles. The van der Waals surface area contributed by atoms with Crippen LogP contribution in [0.5, 0.6) is 0 Å². The highest BCUT2D eigenvalue weighted by atomic mass is 19.4. The maximum atomic E-state index is 13.5. The number of halogens is 3. The molecule has 0 aliphatic heterocycles. The van der Waals surface area contributed by atoms with E-state index < -0.39 is 16.7 Å². The predicted molar refractivity (Wildman–Crippen MR) is 109 cm³/mol. The van der Waals surface area contributed by atoms with Gasteiger partial charge < -0.3 is 5.32 Å². The van der Waals surface area contributed by atoms with Gasteiger partial charge in [0.15, 0.2) is 5.78 Å². The summed E-state index contributed by atoms with van der Waals surface area (Å²) < 4.78 is 40.4. The third-order valence-electron chi connectivity index (χ3n) is 4.12. The molecule has 0 fully saturated rings. The first-order valence-electron chi connectivity index (χ1n) is 8.77. The minimum atomic E-state index is -4.68. The number of rotatable bonds is 7. The lowest BCUT2D eigenvalue weighted by Gasteiger charge is -2.20. The third-order valence-corrected chi connectivity index (χ3v) is 4.12. The highest BCUT2D eigenvalue weighted by Gasteiger charge is 2.35. The molecular weight excluding hydrogens is 397 g/mol. The Hall–Kier alpha value is -3.68. The lowest BCUT2D eigenvalue weighted by atomic mass is 9.96. The number of benzene rings is 2. The number of non-ortho nitro benzene ring substituents is 1. The van der Waals surface area contributed by atoms with Crippen LogP contribution < -0.4 is 5.32 Å². The number of nitro benzene ring substituents is 1. The zero-order chi connectivity index (χ0) is 22.5. The first-order valence-corrected chi connectivity index (χ1v) is 8.77. The van der Waals surface area contributed by atoms with E-state index >= 15 is 0 Å². The average molecular weight is 416 g/mol. The number of alkyl halides is 3. The van der Waals surface area contributed by atoms with E-state index in [-0.39, 0.29) is 39.6 Å². The van der Waals surface area contributed by atoms with Crippen LogP contribution in [0.3, 0.4) is 0 Å². The van der Waals surface area contributed by atoms with E-state index in [1.54, 1.807) is 18.2 Å². The fraction of sp³-hybridized carbons (Fsp3) is 0.136. The molecule has 0 unspecified atom stereocenters. The molecule has 8 heteroatoms. The van der Waals surface area contributed by atoms with Crippen molar-refractivity contribution in [2.45, 2.75) is 20.0 Å². The van der Waals surface area contributed by atoms with Crippen molar-refractivity contribution < 1.29 is 22.9 Å². The molecule has 156 valence electrons. The average Bonchev–Trinajstić information content (AvgIpc) is 2.67. The Labute approximate surface area is 171 Å². The van der Waals surface area contributed by atoms with Crippen LogP contribution >= 0.6 is 0 Å². The van der Waals surface area contributed by atoms with E-state index in [1.807, 2.05) is 0 Å². The second-order valence-corrected chi connectivity index (χ2v) is 6.44. The summed E-state index contributed by atoms with van der Waals surface area (Å²) in [4.78, 5) is 22.2. The quantitative estimate of drug-likeness (QED) is 0.273. The molecule has 2 aromatic rings. The Morgan fingerprint density at radius 3 is 2.20 bits per heavy atom. The molecule has 0 aliphatic rings. The number of allylic oxidation sites excluding steroid dienone is 4. The lowest BCUT2D eigenvalue weighted by Crippen LogP contribution is -2.18. The summed E-state index contributed by atoms with van der Waals surface area (Å²) in [7, 11) is 0. The normalized spacial score (nSPS) is 12.8. The summed E-state index contributed by atoms with van der Waals surface area (Å²) in [5, 5.41) is 13.9. The number of nitro groups is 1. The van der Waals surface area contributed by atoms with Gasteiger partial charge in [-0.2, -0.15) is 13.2 Å². The molecule has 0 aromatic heterocycles. The van der Waals surface area contributed by atoms with Crippen LogP contribution in [0.25, 0.3) is 11.3 Å². The van der Waals surface area contributed by atoms with Gasteiger partial charge in [0.2, 0.25) is 0 Å². The van der Waals surface area contributed by atoms with Crippen molar-refractivity contribution in [1.82, 2.24) is 5.32 Å². The predicted octanol–water partition coefficient (Wildman–Crippen LogP) is 5.66. The summed E-state index contributed by atoms with van der Waals surface area (Å²) in [5.41, 5.74) is -0.666. The van der Waals surface area contributed by atoms with Gasteiger partial charge in [-0.1, -0.05) is 49.0 Å². The van der Waals surface area contributed by atoms with Crippen LogP contribution in [0.4, 0.5) is 18.9 Å². The van der Waals surface area contributed by atoms with Crippen LogP contribution in [0, 0.1) is 10.1 Å². The third kappa shape index (κ3) is 5.66. The molecule has 0 bridgehead atoms. The van der Waals surface area contributed by atoms with Gasteiger partial charge in [-0.3, -0.25) is 14.9 Å². The molecule has 0 saturated carbocycles. The molecule has 0 amide bonds. The molecular formula is C22H19F3N2O3. The summed E-state index contributed by atoms with van der Waals surface area (Å²) >= 11 is 0. The highest BCUT2D eigenvalue weighted by Crippen LogP contribution is 2.37. The lowest BCUT2D eigenvalue weighted by molar-refractivity contribution is -0.384. The SMILES string of the molecule is C=C(/C(=C(\C)N/C(=C\C(C)=O)c1cccc([N+](=O)[O-])c1)c1ccccc1)C(F)(F)F. The van der Waals surface area contributed by atoms with Crippen molar-refractivity contribution in [2.24, 2.45) is 0 Å². The van der Waals surface area contributed by atoms with Crippen molar-refractivity contribution in [2.75, 3.05) is 0 Å². The standard InChI is InChI=1S/C22H19F3N2O3/c1-14(28)12-20(18-10-7-11-19(13-18)27(29)30)26-16(3)21(15(2)22(23,24)25)17-8-5-4-6-9-17/h4-13,26H,2H2,1,3H3/b20-12-,21-16-. The molecule has 0 atom stereocenters. The molecule has 2 aromatic carbocycles. The van der Waals surface area contributed by atoms with E-state index in [0.29, 0.717) is 0 Å². The van der Waals surface area contributed by atoms with Crippen molar-refractivity contribution in [3.63, 3.8) is 0 Å². The van der Waals surface area contributed by atoms with Gasteiger partial charge >= 0.3 is 6.18 Å². The van der Waals surface area contributed by atoms with Crippen molar-refractivity contribution in [3.8, 4) is 0 Å². The van der Waals surface area contributed by atoms with E-state index in [1.165, 1.54) is 56.3 Å².